The summed E-state index contributed by atoms with van der Waals surface area (Å²) in [5.41, 5.74) is 1.77. The van der Waals surface area contributed by atoms with Crippen LogP contribution >= 0.6 is 0 Å². The molecular weight excluding hydrogens is 281 g/mol. The van der Waals surface area contributed by atoms with Crippen molar-refractivity contribution in [2.75, 3.05) is 13.7 Å². The molecule has 0 atom stereocenters. The lowest BCUT2D eigenvalue weighted by Gasteiger charge is -2.22. The van der Waals surface area contributed by atoms with E-state index in [1.165, 1.54) is 13.2 Å². The Morgan fingerprint density at radius 3 is 2.55 bits per heavy atom. The second kappa shape index (κ2) is 7.80. The number of hydrogen-bond acceptors (Lipinski definition) is 3. The minimum absolute atomic E-state index is 0.256. The number of halogens is 1. The van der Waals surface area contributed by atoms with Crippen molar-refractivity contribution in [3.63, 3.8) is 0 Å². The fraction of sp³-hybridized carbons (Fsp3) is 0.333. The van der Waals surface area contributed by atoms with Crippen LogP contribution in [0.25, 0.3) is 0 Å². The number of phenols is 1. The zero-order chi connectivity index (χ0) is 15.9. The largest absolute Gasteiger partial charge is 0.508 e. The third-order valence-corrected chi connectivity index (χ3v) is 3.55. The molecule has 0 amide bonds. The Labute approximate surface area is 131 Å². The molecule has 0 spiro atoms. The first-order valence-electron chi connectivity index (χ1n) is 7.45. The molecule has 0 radical (unpaired) electrons. The maximum Gasteiger partial charge on any atom is 0.165 e. The molecule has 0 bridgehead atoms. The average molecular weight is 303 g/mol. The van der Waals surface area contributed by atoms with Crippen molar-refractivity contribution in [1.82, 2.24) is 4.90 Å². The second-order valence-electron chi connectivity index (χ2n) is 5.31. The molecular formula is C18H22FNO2. The topological polar surface area (TPSA) is 32.7 Å². The molecule has 22 heavy (non-hydrogen) atoms. The van der Waals surface area contributed by atoms with Crippen molar-refractivity contribution in [1.29, 1.82) is 0 Å². The summed E-state index contributed by atoms with van der Waals surface area (Å²) in [7, 11) is 1.46. The normalized spacial score (nSPS) is 10.9. The number of phenolic OH excluding ortho intramolecular Hbond substituents is 1. The minimum Gasteiger partial charge on any atom is -0.508 e. The maximum atomic E-state index is 13.8. The van der Waals surface area contributed by atoms with Gasteiger partial charge in [0.1, 0.15) is 5.75 Å². The van der Waals surface area contributed by atoms with Gasteiger partial charge in [-0.1, -0.05) is 31.2 Å². The quantitative estimate of drug-likeness (QED) is 0.840. The van der Waals surface area contributed by atoms with Crippen molar-refractivity contribution in [3.05, 3.63) is 59.4 Å². The summed E-state index contributed by atoms with van der Waals surface area (Å²) in [5, 5.41) is 9.90. The Morgan fingerprint density at radius 1 is 1.14 bits per heavy atom. The smallest absolute Gasteiger partial charge is 0.165 e. The molecule has 0 unspecified atom stereocenters. The van der Waals surface area contributed by atoms with E-state index in [0.717, 1.165) is 24.1 Å². The van der Waals surface area contributed by atoms with Crippen LogP contribution in [0.5, 0.6) is 11.5 Å². The van der Waals surface area contributed by atoms with E-state index in [-0.39, 0.29) is 11.6 Å². The van der Waals surface area contributed by atoms with Crippen molar-refractivity contribution in [3.8, 4) is 11.5 Å². The van der Waals surface area contributed by atoms with Crippen molar-refractivity contribution in [2.45, 2.75) is 26.4 Å². The van der Waals surface area contributed by atoms with Gasteiger partial charge in [0, 0.05) is 18.7 Å². The summed E-state index contributed by atoms with van der Waals surface area (Å²) < 4.78 is 18.7. The number of rotatable bonds is 7. The lowest BCUT2D eigenvalue weighted by atomic mass is 10.1. The van der Waals surface area contributed by atoms with Gasteiger partial charge in [-0.05, 0) is 36.7 Å². The third kappa shape index (κ3) is 4.21. The van der Waals surface area contributed by atoms with Crippen LogP contribution in [0.15, 0.2) is 42.5 Å². The number of aromatic hydroxyl groups is 1. The van der Waals surface area contributed by atoms with Gasteiger partial charge in [-0.25, -0.2) is 4.39 Å². The highest BCUT2D eigenvalue weighted by atomic mass is 19.1. The van der Waals surface area contributed by atoms with E-state index in [1.54, 1.807) is 12.1 Å². The number of hydrogen-bond donors (Lipinski definition) is 1. The second-order valence-corrected chi connectivity index (χ2v) is 5.31. The maximum absolute atomic E-state index is 13.8. The highest BCUT2D eigenvalue weighted by Gasteiger charge is 2.11. The molecule has 0 saturated carbocycles. The molecule has 118 valence electrons. The lowest BCUT2D eigenvalue weighted by molar-refractivity contribution is 0.253. The summed E-state index contributed by atoms with van der Waals surface area (Å²) >= 11 is 0. The zero-order valence-corrected chi connectivity index (χ0v) is 13.1. The van der Waals surface area contributed by atoms with Gasteiger partial charge in [-0.15, -0.1) is 0 Å². The van der Waals surface area contributed by atoms with Crippen molar-refractivity contribution >= 4 is 0 Å². The molecule has 0 aliphatic heterocycles. The predicted octanol–water partition coefficient (Wildman–Crippen LogP) is 3.95. The average Bonchev–Trinajstić information content (AvgIpc) is 2.50. The Balaban J connectivity index is 2.11. The van der Waals surface area contributed by atoms with Crippen LogP contribution in [0.2, 0.25) is 0 Å². The molecule has 2 aromatic rings. The van der Waals surface area contributed by atoms with E-state index in [2.05, 4.69) is 11.8 Å². The van der Waals surface area contributed by atoms with Crippen molar-refractivity contribution in [2.24, 2.45) is 0 Å². The molecule has 0 aliphatic rings. The highest BCUT2D eigenvalue weighted by Crippen LogP contribution is 2.21. The summed E-state index contributed by atoms with van der Waals surface area (Å²) in [6.45, 7) is 4.24. The van der Waals surface area contributed by atoms with Crippen LogP contribution < -0.4 is 4.74 Å². The van der Waals surface area contributed by atoms with E-state index < -0.39 is 0 Å². The third-order valence-electron chi connectivity index (χ3n) is 3.55. The summed E-state index contributed by atoms with van der Waals surface area (Å²) in [4.78, 5) is 2.19. The molecule has 2 rings (SSSR count). The number of para-hydroxylation sites is 1. The first-order chi connectivity index (χ1) is 10.6. The van der Waals surface area contributed by atoms with E-state index in [1.807, 2.05) is 24.3 Å². The van der Waals surface area contributed by atoms with E-state index in [4.69, 9.17) is 4.74 Å². The molecule has 0 saturated heterocycles. The fourth-order valence-corrected chi connectivity index (χ4v) is 2.48. The molecule has 4 heteroatoms. The van der Waals surface area contributed by atoms with Gasteiger partial charge < -0.3 is 9.84 Å². The molecule has 0 fully saturated rings. The van der Waals surface area contributed by atoms with E-state index in [0.29, 0.717) is 18.8 Å². The lowest BCUT2D eigenvalue weighted by Crippen LogP contribution is -2.23. The number of benzene rings is 2. The van der Waals surface area contributed by atoms with Crippen LogP contribution in [0.4, 0.5) is 4.39 Å². The number of ether oxygens (including phenoxy) is 1. The van der Waals surface area contributed by atoms with Gasteiger partial charge in [0.25, 0.3) is 0 Å². The first-order valence-corrected chi connectivity index (χ1v) is 7.45. The molecule has 0 aromatic heterocycles. The summed E-state index contributed by atoms with van der Waals surface area (Å²) in [6.07, 6.45) is 0.992. The van der Waals surface area contributed by atoms with Gasteiger partial charge in [-0.3, -0.25) is 4.90 Å². The Hall–Kier alpha value is -2.07. The Morgan fingerprint density at radius 2 is 1.91 bits per heavy atom. The van der Waals surface area contributed by atoms with Crippen LogP contribution in [0.3, 0.4) is 0 Å². The van der Waals surface area contributed by atoms with Crippen LogP contribution in [0.1, 0.15) is 24.5 Å². The van der Waals surface area contributed by atoms with E-state index in [9.17, 15) is 9.50 Å². The molecule has 3 nitrogen and oxygen atoms in total. The van der Waals surface area contributed by atoms with Gasteiger partial charge in [0.2, 0.25) is 0 Å². The van der Waals surface area contributed by atoms with Crippen LogP contribution in [-0.4, -0.2) is 23.7 Å². The Kier molecular flexibility index (Phi) is 5.78. The summed E-state index contributed by atoms with van der Waals surface area (Å²) in [5.74, 6) is 0.204. The summed E-state index contributed by atoms with van der Waals surface area (Å²) in [6, 6.07) is 12.3. The standard InChI is InChI=1S/C18H22FNO2/c1-3-10-20(13-15-6-4-5-7-17(15)21)12-14-8-9-18(22-2)16(19)11-14/h4-9,11,21H,3,10,12-13H2,1-2H3. The SMILES string of the molecule is CCCN(Cc1ccc(OC)c(F)c1)Cc1ccccc1O. The minimum atomic E-state index is -0.348. The molecule has 1 N–H and O–H groups in total. The fourth-order valence-electron chi connectivity index (χ4n) is 2.48. The van der Waals surface area contributed by atoms with Crippen LogP contribution in [0, 0.1) is 5.82 Å². The Bertz CT molecular complexity index is 616. The van der Waals surface area contributed by atoms with E-state index >= 15 is 0 Å². The monoisotopic (exact) mass is 303 g/mol. The van der Waals surface area contributed by atoms with Gasteiger partial charge in [-0.2, -0.15) is 0 Å². The number of nitrogens with zero attached hydrogens (tertiary/aromatic N) is 1. The predicted molar refractivity (Wildman–Crippen MR) is 85.5 cm³/mol. The van der Waals surface area contributed by atoms with Gasteiger partial charge >= 0.3 is 0 Å². The zero-order valence-electron chi connectivity index (χ0n) is 13.1. The van der Waals surface area contributed by atoms with Gasteiger partial charge in [0.05, 0.1) is 7.11 Å². The van der Waals surface area contributed by atoms with Crippen LogP contribution in [-0.2, 0) is 13.1 Å². The molecule has 0 heterocycles. The van der Waals surface area contributed by atoms with Crippen molar-refractivity contribution < 1.29 is 14.2 Å². The number of methoxy groups -OCH3 is 1. The first kappa shape index (κ1) is 16.3. The highest BCUT2D eigenvalue weighted by molar-refractivity contribution is 5.32. The molecule has 0 aliphatic carbocycles. The van der Waals surface area contributed by atoms with Gasteiger partial charge in [0.15, 0.2) is 11.6 Å². The molecule has 2 aromatic carbocycles.